The van der Waals surface area contributed by atoms with E-state index >= 15 is 0 Å². The van der Waals surface area contributed by atoms with Crippen LogP contribution in [0.3, 0.4) is 0 Å². The Morgan fingerprint density at radius 2 is 2.25 bits per heavy atom. The molecular weight excluding hydrogens is 369 g/mol. The largest absolute Gasteiger partial charge is 0.313 e. The van der Waals surface area contributed by atoms with Crippen LogP contribution in [0.4, 0.5) is 4.39 Å². The highest BCUT2D eigenvalue weighted by Gasteiger charge is 2.30. The average molecular weight is 385 g/mol. The lowest BCUT2D eigenvalue weighted by atomic mass is 9.94. The Labute approximate surface area is 131 Å². The maximum Gasteiger partial charge on any atom is 0.150 e. The quantitative estimate of drug-likeness (QED) is 0.810. The number of rotatable bonds is 4. The highest BCUT2D eigenvalue weighted by molar-refractivity contribution is 9.10. The van der Waals surface area contributed by atoms with Gasteiger partial charge in [0.1, 0.15) is 5.82 Å². The molecule has 7 heteroatoms. The van der Waals surface area contributed by atoms with Crippen LogP contribution in [-0.2, 0) is 9.84 Å². The van der Waals surface area contributed by atoms with Crippen LogP contribution in [-0.4, -0.2) is 27.0 Å². The highest BCUT2D eigenvalue weighted by atomic mass is 79.9. The van der Waals surface area contributed by atoms with Crippen molar-refractivity contribution in [1.82, 2.24) is 5.32 Å². The molecule has 0 aliphatic carbocycles. The minimum Gasteiger partial charge on any atom is -0.313 e. The van der Waals surface area contributed by atoms with E-state index in [0.29, 0.717) is 22.9 Å². The smallest absolute Gasteiger partial charge is 0.150 e. The summed E-state index contributed by atoms with van der Waals surface area (Å²) in [6.07, 6.45) is 1.23. The van der Waals surface area contributed by atoms with Gasteiger partial charge in [0.15, 0.2) is 9.84 Å². The number of benzene rings is 1. The summed E-state index contributed by atoms with van der Waals surface area (Å²) in [5.74, 6) is 0.0369. The van der Waals surface area contributed by atoms with Gasteiger partial charge in [0, 0.05) is 16.1 Å². The first-order valence-corrected chi connectivity index (χ1v) is 9.34. The van der Waals surface area contributed by atoms with E-state index in [-0.39, 0.29) is 28.5 Å². The van der Waals surface area contributed by atoms with Crippen molar-refractivity contribution in [3.05, 3.63) is 33.0 Å². The van der Waals surface area contributed by atoms with Crippen molar-refractivity contribution in [2.45, 2.75) is 18.9 Å². The van der Waals surface area contributed by atoms with Gasteiger partial charge in [-0.25, -0.2) is 12.8 Å². The van der Waals surface area contributed by atoms with E-state index in [1.165, 1.54) is 0 Å². The summed E-state index contributed by atoms with van der Waals surface area (Å²) in [5.41, 5.74) is 0.477. The molecule has 1 aromatic rings. The normalized spacial score (nSPS) is 22.9. The molecule has 1 aromatic carbocycles. The van der Waals surface area contributed by atoms with Gasteiger partial charge >= 0.3 is 0 Å². The lowest BCUT2D eigenvalue weighted by Gasteiger charge is -2.21. The summed E-state index contributed by atoms with van der Waals surface area (Å²) in [7, 11) is -1.17. The standard InChI is InChI=1S/C13H16BrClFNO2S/c1-17-11(6-8-4-5-20(18,19)7-8)9-2-3-10(14)12(15)13(9)16/h2-3,8,11,17H,4-7H2,1H3. The Morgan fingerprint density at radius 3 is 2.80 bits per heavy atom. The Morgan fingerprint density at radius 1 is 1.55 bits per heavy atom. The molecule has 2 unspecified atom stereocenters. The molecule has 1 saturated heterocycles. The lowest BCUT2D eigenvalue weighted by molar-refractivity contribution is 0.424. The molecule has 0 saturated carbocycles. The summed E-state index contributed by atoms with van der Waals surface area (Å²) in [5, 5.41) is 3.11. The van der Waals surface area contributed by atoms with Crippen LogP contribution in [0.5, 0.6) is 0 Å². The summed E-state index contributed by atoms with van der Waals surface area (Å²) >= 11 is 9.08. The van der Waals surface area contributed by atoms with Crippen molar-refractivity contribution in [3.63, 3.8) is 0 Å². The fourth-order valence-electron chi connectivity index (χ4n) is 2.60. The van der Waals surface area contributed by atoms with E-state index in [1.54, 1.807) is 19.2 Å². The van der Waals surface area contributed by atoms with E-state index in [4.69, 9.17) is 11.6 Å². The molecule has 1 heterocycles. The molecule has 2 rings (SSSR count). The molecule has 1 aliphatic heterocycles. The van der Waals surface area contributed by atoms with Crippen molar-refractivity contribution in [2.75, 3.05) is 18.6 Å². The first kappa shape index (κ1) is 16.2. The fourth-order valence-corrected chi connectivity index (χ4v) is 4.96. The van der Waals surface area contributed by atoms with Gasteiger partial charge in [-0.3, -0.25) is 0 Å². The van der Waals surface area contributed by atoms with Crippen LogP contribution >= 0.6 is 27.5 Å². The van der Waals surface area contributed by atoms with Gasteiger partial charge in [0.2, 0.25) is 0 Å². The van der Waals surface area contributed by atoms with Gasteiger partial charge in [0.05, 0.1) is 16.5 Å². The Hall–Kier alpha value is -0.170. The molecule has 0 amide bonds. The predicted octanol–water partition coefficient (Wildman–Crippen LogP) is 3.33. The first-order valence-electron chi connectivity index (χ1n) is 6.35. The van der Waals surface area contributed by atoms with Crippen molar-refractivity contribution >= 4 is 37.4 Å². The summed E-state index contributed by atoms with van der Waals surface area (Å²) in [4.78, 5) is 0. The monoisotopic (exact) mass is 383 g/mol. The third kappa shape index (κ3) is 3.53. The summed E-state index contributed by atoms with van der Waals surface area (Å²) < 4.78 is 37.7. The third-order valence-corrected chi connectivity index (χ3v) is 6.78. The SMILES string of the molecule is CNC(CC1CCS(=O)(=O)C1)c1ccc(Br)c(Cl)c1F. The molecular formula is C13H16BrClFNO2S. The molecule has 1 aliphatic rings. The number of nitrogens with one attached hydrogen (secondary N) is 1. The molecule has 0 spiro atoms. The van der Waals surface area contributed by atoms with Gasteiger partial charge in [-0.05, 0) is 47.8 Å². The zero-order valence-corrected chi connectivity index (χ0v) is 14.2. The minimum absolute atomic E-state index is 0.0572. The van der Waals surface area contributed by atoms with Crippen molar-refractivity contribution in [3.8, 4) is 0 Å². The Balaban J connectivity index is 2.19. The minimum atomic E-state index is -2.91. The van der Waals surface area contributed by atoms with E-state index in [0.717, 1.165) is 0 Å². The van der Waals surface area contributed by atoms with Gasteiger partial charge in [-0.2, -0.15) is 0 Å². The maximum atomic E-state index is 14.2. The van der Waals surface area contributed by atoms with Crippen LogP contribution in [0.1, 0.15) is 24.4 Å². The van der Waals surface area contributed by atoms with Gasteiger partial charge in [0.25, 0.3) is 0 Å². The summed E-state index contributed by atoms with van der Waals surface area (Å²) in [6, 6.07) is 3.14. The van der Waals surface area contributed by atoms with Crippen LogP contribution in [0, 0.1) is 11.7 Å². The topological polar surface area (TPSA) is 46.2 Å². The summed E-state index contributed by atoms with van der Waals surface area (Å²) in [6.45, 7) is 0. The third-order valence-electron chi connectivity index (χ3n) is 3.68. The molecule has 2 atom stereocenters. The van der Waals surface area contributed by atoms with Crippen LogP contribution in [0.25, 0.3) is 0 Å². The number of hydrogen-bond donors (Lipinski definition) is 1. The number of hydrogen-bond acceptors (Lipinski definition) is 3. The van der Waals surface area contributed by atoms with Crippen LogP contribution in [0.2, 0.25) is 5.02 Å². The average Bonchev–Trinajstić information content (AvgIpc) is 2.73. The molecule has 20 heavy (non-hydrogen) atoms. The second-order valence-electron chi connectivity index (χ2n) is 5.11. The molecule has 3 nitrogen and oxygen atoms in total. The Kier molecular flexibility index (Phi) is 5.10. The maximum absolute atomic E-state index is 14.2. The van der Waals surface area contributed by atoms with Crippen LogP contribution < -0.4 is 5.32 Å². The lowest BCUT2D eigenvalue weighted by Crippen LogP contribution is -2.21. The van der Waals surface area contributed by atoms with Crippen molar-refractivity contribution in [2.24, 2.45) is 5.92 Å². The highest BCUT2D eigenvalue weighted by Crippen LogP contribution is 2.34. The number of sulfone groups is 1. The van der Waals surface area contributed by atoms with Gasteiger partial charge in [-0.1, -0.05) is 17.7 Å². The molecule has 0 aromatic heterocycles. The predicted molar refractivity (Wildman–Crippen MR) is 82.3 cm³/mol. The fraction of sp³-hybridized carbons (Fsp3) is 0.538. The van der Waals surface area contributed by atoms with E-state index in [9.17, 15) is 12.8 Å². The molecule has 1 fully saturated rings. The van der Waals surface area contributed by atoms with Gasteiger partial charge < -0.3 is 5.32 Å². The van der Waals surface area contributed by atoms with Crippen LogP contribution in [0.15, 0.2) is 16.6 Å². The van der Waals surface area contributed by atoms with Gasteiger partial charge in [-0.15, -0.1) is 0 Å². The van der Waals surface area contributed by atoms with E-state index in [1.807, 2.05) is 0 Å². The molecule has 0 bridgehead atoms. The zero-order valence-electron chi connectivity index (χ0n) is 11.0. The second kappa shape index (κ2) is 6.30. The van der Waals surface area contributed by atoms with E-state index < -0.39 is 15.7 Å². The molecule has 112 valence electrons. The molecule has 1 N–H and O–H groups in total. The van der Waals surface area contributed by atoms with Crippen molar-refractivity contribution in [1.29, 1.82) is 0 Å². The Bertz CT molecular complexity index is 609. The zero-order chi connectivity index (χ0) is 14.9. The number of halogens is 3. The van der Waals surface area contributed by atoms with E-state index in [2.05, 4.69) is 21.2 Å². The second-order valence-corrected chi connectivity index (χ2v) is 8.57. The van der Waals surface area contributed by atoms with Crippen molar-refractivity contribution < 1.29 is 12.8 Å². The molecule has 0 radical (unpaired) electrons. The first-order chi connectivity index (χ1) is 9.34.